The molecule has 248 valence electrons. The van der Waals surface area contributed by atoms with Gasteiger partial charge < -0.3 is 0 Å². The van der Waals surface area contributed by atoms with Gasteiger partial charge in [0, 0.05) is 11.3 Å². The van der Waals surface area contributed by atoms with Crippen LogP contribution in [0.4, 0.5) is 0 Å². The quantitative estimate of drug-likeness (QED) is 0.153. The van der Waals surface area contributed by atoms with E-state index < -0.39 is 0 Å². The van der Waals surface area contributed by atoms with Gasteiger partial charge in [0.1, 0.15) is 0 Å². The van der Waals surface area contributed by atoms with Crippen LogP contribution >= 0.6 is 0 Å². The smallest absolute Gasteiger partial charge is 0.0165 e. The summed E-state index contributed by atoms with van der Waals surface area (Å²) in [6.07, 6.45) is 5.37. The van der Waals surface area contributed by atoms with Gasteiger partial charge in [0.05, 0.1) is 0 Å². The molecule has 0 N–H and O–H groups in total. The second-order valence-corrected chi connectivity index (χ2v) is 14.5. The summed E-state index contributed by atoms with van der Waals surface area (Å²) in [6, 6.07) is 60.5. The van der Waals surface area contributed by atoms with Crippen molar-refractivity contribution in [2.75, 3.05) is 0 Å². The lowest BCUT2D eigenvalue weighted by Gasteiger charge is -2.26. The van der Waals surface area contributed by atoms with Gasteiger partial charge in [-0.15, -0.1) is 0 Å². The van der Waals surface area contributed by atoms with Gasteiger partial charge in [-0.05, 0) is 104 Å². The zero-order valence-electron chi connectivity index (χ0n) is 30.0. The van der Waals surface area contributed by atoms with Gasteiger partial charge >= 0.3 is 0 Å². The molecule has 0 saturated heterocycles. The lowest BCUT2D eigenvalue weighted by atomic mass is 9.77. The molecule has 0 heterocycles. The van der Waals surface area contributed by atoms with E-state index in [4.69, 9.17) is 0 Å². The summed E-state index contributed by atoms with van der Waals surface area (Å²) in [5, 5.41) is 0. The summed E-state index contributed by atoms with van der Waals surface area (Å²) in [5.74, 6) is 0.163. The summed E-state index contributed by atoms with van der Waals surface area (Å²) in [6.45, 7) is 9.24. The van der Waals surface area contributed by atoms with Crippen LogP contribution < -0.4 is 0 Å². The van der Waals surface area contributed by atoms with Crippen LogP contribution in [-0.2, 0) is 11.8 Å². The van der Waals surface area contributed by atoms with Crippen LogP contribution in [0, 0.1) is 6.92 Å². The third kappa shape index (κ3) is 5.96. The summed E-state index contributed by atoms with van der Waals surface area (Å²) in [7, 11) is 0. The third-order valence-corrected chi connectivity index (χ3v) is 10.9. The van der Waals surface area contributed by atoms with E-state index in [9.17, 15) is 0 Å². The second kappa shape index (κ2) is 13.5. The number of benzene rings is 7. The topological polar surface area (TPSA) is 0 Å². The molecule has 0 radical (unpaired) electrons. The monoisotopic (exact) mass is 656 g/mol. The maximum absolute atomic E-state index is 2.53. The SMILES string of the molecule is C/C=C/c1cc(C)c(-c2ccccc2)c2c1C(C)(C)c1cc(CC(c3cccc(-c4ccccc4)c3)c3ccccc3-c3ccccc3)ccc1-2. The van der Waals surface area contributed by atoms with E-state index in [0.29, 0.717) is 0 Å². The fourth-order valence-corrected chi connectivity index (χ4v) is 8.55. The molecule has 0 spiro atoms. The molecular formula is C51H44. The predicted octanol–water partition coefficient (Wildman–Crippen LogP) is 13.7. The Labute approximate surface area is 303 Å². The minimum Gasteiger partial charge on any atom is -0.0871 e. The highest BCUT2D eigenvalue weighted by molar-refractivity contribution is 5.96. The summed E-state index contributed by atoms with van der Waals surface area (Å²) >= 11 is 0. The molecule has 0 amide bonds. The van der Waals surface area contributed by atoms with Crippen molar-refractivity contribution >= 4 is 6.08 Å². The lowest BCUT2D eigenvalue weighted by Crippen LogP contribution is -2.17. The van der Waals surface area contributed by atoms with Crippen molar-refractivity contribution in [2.45, 2.75) is 45.4 Å². The van der Waals surface area contributed by atoms with E-state index in [1.54, 1.807) is 0 Å². The largest absolute Gasteiger partial charge is 0.0871 e. The maximum Gasteiger partial charge on any atom is 0.0165 e. The van der Waals surface area contributed by atoms with Crippen molar-refractivity contribution in [2.24, 2.45) is 0 Å². The minimum absolute atomic E-state index is 0.155. The first-order valence-corrected chi connectivity index (χ1v) is 18.2. The average Bonchev–Trinajstić information content (AvgIpc) is 3.41. The third-order valence-electron chi connectivity index (χ3n) is 10.9. The molecular weight excluding hydrogens is 613 g/mol. The Morgan fingerprint density at radius 3 is 1.88 bits per heavy atom. The van der Waals surface area contributed by atoms with Gasteiger partial charge in [-0.25, -0.2) is 0 Å². The Bertz CT molecular complexity index is 2360. The number of rotatable bonds is 8. The zero-order chi connectivity index (χ0) is 35.0. The molecule has 1 unspecified atom stereocenters. The van der Waals surface area contributed by atoms with E-state index >= 15 is 0 Å². The van der Waals surface area contributed by atoms with Gasteiger partial charge in [-0.1, -0.05) is 190 Å². The number of aryl methyl sites for hydroxylation is 1. The Kier molecular flexibility index (Phi) is 8.62. The van der Waals surface area contributed by atoms with Crippen molar-refractivity contribution in [1.29, 1.82) is 0 Å². The molecule has 51 heavy (non-hydrogen) atoms. The highest BCUT2D eigenvalue weighted by atomic mass is 14.4. The van der Waals surface area contributed by atoms with Crippen LogP contribution in [0.1, 0.15) is 65.6 Å². The highest BCUT2D eigenvalue weighted by Gasteiger charge is 2.39. The molecule has 8 rings (SSSR count). The van der Waals surface area contributed by atoms with Crippen LogP contribution in [-0.4, -0.2) is 0 Å². The fourth-order valence-electron chi connectivity index (χ4n) is 8.55. The first-order valence-electron chi connectivity index (χ1n) is 18.2. The molecule has 1 aliphatic carbocycles. The van der Waals surface area contributed by atoms with Crippen LogP contribution in [0.2, 0.25) is 0 Å². The number of hydrogen-bond acceptors (Lipinski definition) is 0. The molecule has 0 bridgehead atoms. The molecule has 0 nitrogen and oxygen atoms in total. The van der Waals surface area contributed by atoms with Crippen molar-refractivity contribution in [3.8, 4) is 44.5 Å². The molecule has 1 aliphatic rings. The Hall–Kier alpha value is -5.72. The summed E-state index contributed by atoms with van der Waals surface area (Å²) < 4.78 is 0. The predicted molar refractivity (Wildman–Crippen MR) is 218 cm³/mol. The van der Waals surface area contributed by atoms with E-state index in [-0.39, 0.29) is 11.3 Å². The number of allylic oxidation sites excluding steroid dienone is 1. The van der Waals surface area contributed by atoms with E-state index in [0.717, 1.165) is 6.42 Å². The molecule has 0 aromatic heterocycles. The number of fused-ring (bicyclic) bond motifs is 3. The van der Waals surface area contributed by atoms with Crippen LogP contribution in [0.25, 0.3) is 50.6 Å². The van der Waals surface area contributed by atoms with Gasteiger partial charge in [0.25, 0.3) is 0 Å². The Morgan fingerprint density at radius 1 is 0.549 bits per heavy atom. The lowest BCUT2D eigenvalue weighted by molar-refractivity contribution is 0.656. The first-order chi connectivity index (χ1) is 24.9. The Morgan fingerprint density at radius 2 is 1.18 bits per heavy atom. The summed E-state index contributed by atoms with van der Waals surface area (Å²) in [5.41, 5.74) is 19.8. The molecule has 0 heteroatoms. The van der Waals surface area contributed by atoms with Crippen LogP contribution in [0.3, 0.4) is 0 Å². The standard InChI is InChI=1S/C51H44/c1-5-18-42-31-35(2)48(39-23-13-8-14-24-39)49-45-30-29-36(33-47(45)51(3,4)50(42)49)32-46(41-26-17-25-40(34-41)37-19-9-6-10-20-37)44-28-16-15-27-43(44)38-21-11-7-12-22-38/h5-31,33-34,46H,32H2,1-4H3/b18-5+. The van der Waals surface area contributed by atoms with E-state index in [1.807, 2.05) is 0 Å². The molecule has 0 saturated carbocycles. The molecule has 0 fully saturated rings. The second-order valence-electron chi connectivity index (χ2n) is 14.5. The normalized spacial score (nSPS) is 13.6. The maximum atomic E-state index is 2.53. The fraction of sp³-hybridized carbons (Fsp3) is 0.137. The summed E-state index contributed by atoms with van der Waals surface area (Å²) in [4.78, 5) is 0. The molecule has 0 aliphatic heterocycles. The van der Waals surface area contributed by atoms with Crippen LogP contribution in [0.5, 0.6) is 0 Å². The van der Waals surface area contributed by atoms with Crippen molar-refractivity contribution in [3.05, 3.63) is 209 Å². The molecule has 1 atom stereocenters. The highest BCUT2D eigenvalue weighted by Crippen LogP contribution is 2.55. The van der Waals surface area contributed by atoms with Gasteiger partial charge in [0.2, 0.25) is 0 Å². The van der Waals surface area contributed by atoms with Gasteiger partial charge in [-0.2, -0.15) is 0 Å². The first kappa shape index (κ1) is 32.5. The minimum atomic E-state index is -0.155. The van der Waals surface area contributed by atoms with Gasteiger partial charge in [-0.3, -0.25) is 0 Å². The van der Waals surface area contributed by atoms with Crippen LogP contribution in [0.15, 0.2) is 170 Å². The number of hydrogen-bond donors (Lipinski definition) is 0. The molecule has 7 aromatic rings. The zero-order valence-corrected chi connectivity index (χ0v) is 30.0. The Balaban J connectivity index is 1.29. The van der Waals surface area contributed by atoms with Gasteiger partial charge in [0.15, 0.2) is 0 Å². The van der Waals surface area contributed by atoms with Crippen molar-refractivity contribution < 1.29 is 0 Å². The van der Waals surface area contributed by atoms with E-state index in [2.05, 4.69) is 204 Å². The van der Waals surface area contributed by atoms with E-state index in [1.165, 1.54) is 83.5 Å². The average molecular weight is 657 g/mol. The van der Waals surface area contributed by atoms with Crippen molar-refractivity contribution in [3.63, 3.8) is 0 Å². The molecule has 7 aromatic carbocycles. The van der Waals surface area contributed by atoms with Crippen molar-refractivity contribution in [1.82, 2.24) is 0 Å².